The van der Waals surface area contributed by atoms with Crippen molar-refractivity contribution in [2.45, 2.75) is 4.90 Å². The van der Waals surface area contributed by atoms with E-state index in [-0.39, 0.29) is 9.50 Å². The number of halogens is 4. The summed E-state index contributed by atoms with van der Waals surface area (Å²) in [5, 5.41) is 0.0903. The van der Waals surface area contributed by atoms with Crippen molar-refractivity contribution in [2.75, 3.05) is 0 Å². The van der Waals surface area contributed by atoms with E-state index in [0.29, 0.717) is 0 Å². The SMILES string of the molecule is O=S(=O)(Cl)c1cc(Cl)cc(Br)c1F. The van der Waals surface area contributed by atoms with E-state index in [1.807, 2.05) is 0 Å². The van der Waals surface area contributed by atoms with Gasteiger partial charge >= 0.3 is 0 Å². The average molecular weight is 308 g/mol. The Morgan fingerprint density at radius 2 is 1.92 bits per heavy atom. The molecule has 0 amide bonds. The van der Waals surface area contributed by atoms with Crippen LogP contribution in [-0.2, 0) is 9.05 Å². The van der Waals surface area contributed by atoms with Gasteiger partial charge in [-0.1, -0.05) is 11.6 Å². The lowest BCUT2D eigenvalue weighted by atomic mass is 10.3. The first-order chi connectivity index (χ1) is 5.82. The van der Waals surface area contributed by atoms with Gasteiger partial charge in [-0.3, -0.25) is 0 Å². The van der Waals surface area contributed by atoms with Crippen LogP contribution in [0, 0.1) is 5.82 Å². The molecule has 13 heavy (non-hydrogen) atoms. The van der Waals surface area contributed by atoms with Crippen molar-refractivity contribution in [3.05, 3.63) is 27.4 Å². The third kappa shape index (κ3) is 2.56. The van der Waals surface area contributed by atoms with Crippen molar-refractivity contribution in [2.24, 2.45) is 0 Å². The van der Waals surface area contributed by atoms with Crippen LogP contribution in [0.25, 0.3) is 0 Å². The highest BCUT2D eigenvalue weighted by molar-refractivity contribution is 9.10. The highest BCUT2D eigenvalue weighted by Gasteiger charge is 2.19. The molecule has 0 N–H and O–H groups in total. The molecule has 0 unspecified atom stereocenters. The summed E-state index contributed by atoms with van der Waals surface area (Å²) in [7, 11) is 0.865. The van der Waals surface area contributed by atoms with E-state index in [9.17, 15) is 12.8 Å². The van der Waals surface area contributed by atoms with E-state index in [1.165, 1.54) is 6.07 Å². The molecule has 0 heterocycles. The van der Waals surface area contributed by atoms with Crippen molar-refractivity contribution in [1.82, 2.24) is 0 Å². The van der Waals surface area contributed by atoms with Crippen LogP contribution in [0.1, 0.15) is 0 Å². The largest absolute Gasteiger partial charge is 0.264 e. The van der Waals surface area contributed by atoms with E-state index >= 15 is 0 Å². The van der Waals surface area contributed by atoms with Crippen LogP contribution in [0.2, 0.25) is 5.02 Å². The summed E-state index contributed by atoms with van der Waals surface area (Å²) >= 11 is 8.32. The molecule has 1 rings (SSSR count). The molecule has 0 bridgehead atoms. The number of benzene rings is 1. The van der Waals surface area contributed by atoms with Crippen LogP contribution >= 0.6 is 38.2 Å². The third-order valence-electron chi connectivity index (χ3n) is 1.22. The molecule has 1 aromatic carbocycles. The summed E-state index contributed by atoms with van der Waals surface area (Å²) in [6.45, 7) is 0. The lowest BCUT2D eigenvalue weighted by Gasteiger charge is -2.01. The quantitative estimate of drug-likeness (QED) is 0.590. The molecular weight excluding hydrogens is 306 g/mol. The van der Waals surface area contributed by atoms with Crippen molar-refractivity contribution in [1.29, 1.82) is 0 Å². The molecule has 0 aromatic heterocycles. The van der Waals surface area contributed by atoms with E-state index in [2.05, 4.69) is 15.9 Å². The predicted molar refractivity (Wildman–Crippen MR) is 52.1 cm³/mol. The van der Waals surface area contributed by atoms with Gasteiger partial charge in [0.25, 0.3) is 9.05 Å². The Bertz CT molecular complexity index is 446. The Kier molecular flexibility index (Phi) is 3.22. The van der Waals surface area contributed by atoms with E-state index in [0.717, 1.165) is 6.07 Å². The molecule has 0 fully saturated rings. The summed E-state index contributed by atoms with van der Waals surface area (Å²) in [5.41, 5.74) is 0. The van der Waals surface area contributed by atoms with Crippen LogP contribution in [0.5, 0.6) is 0 Å². The Hall–Kier alpha value is 0.160. The highest BCUT2D eigenvalue weighted by atomic mass is 79.9. The minimum Gasteiger partial charge on any atom is -0.207 e. The van der Waals surface area contributed by atoms with Gasteiger partial charge in [0.15, 0.2) is 5.82 Å². The summed E-state index contributed by atoms with van der Waals surface area (Å²) in [6, 6.07) is 2.19. The zero-order valence-electron chi connectivity index (χ0n) is 5.89. The molecule has 72 valence electrons. The van der Waals surface area contributed by atoms with Gasteiger partial charge in [-0.25, -0.2) is 12.8 Å². The van der Waals surface area contributed by atoms with Gasteiger partial charge in [-0.05, 0) is 28.1 Å². The zero-order valence-corrected chi connectivity index (χ0v) is 9.81. The molecule has 2 nitrogen and oxygen atoms in total. The van der Waals surface area contributed by atoms with Crippen LogP contribution < -0.4 is 0 Å². The van der Waals surface area contributed by atoms with Crippen LogP contribution in [0.15, 0.2) is 21.5 Å². The van der Waals surface area contributed by atoms with E-state index in [1.54, 1.807) is 0 Å². The smallest absolute Gasteiger partial charge is 0.207 e. The van der Waals surface area contributed by atoms with Crippen molar-refractivity contribution in [3.63, 3.8) is 0 Å². The first-order valence-electron chi connectivity index (χ1n) is 2.91. The van der Waals surface area contributed by atoms with Gasteiger partial charge < -0.3 is 0 Å². The van der Waals surface area contributed by atoms with Crippen LogP contribution in [0.3, 0.4) is 0 Å². The van der Waals surface area contributed by atoms with E-state index in [4.69, 9.17) is 22.3 Å². The normalized spacial score (nSPS) is 11.7. The molecule has 0 aliphatic carbocycles. The van der Waals surface area contributed by atoms with Gasteiger partial charge in [0.1, 0.15) is 4.90 Å². The molecule has 0 atom stereocenters. The molecule has 0 aliphatic rings. The molecule has 0 saturated heterocycles. The Morgan fingerprint density at radius 1 is 1.38 bits per heavy atom. The summed E-state index contributed by atoms with van der Waals surface area (Å²) in [5.74, 6) is -0.945. The van der Waals surface area contributed by atoms with Gasteiger partial charge in [0.2, 0.25) is 0 Å². The van der Waals surface area contributed by atoms with E-state index < -0.39 is 19.8 Å². The molecule has 0 radical (unpaired) electrons. The maximum absolute atomic E-state index is 13.1. The maximum atomic E-state index is 13.1. The lowest BCUT2D eigenvalue weighted by molar-refractivity contribution is 0.571. The summed E-state index contributed by atoms with van der Waals surface area (Å²) in [6.07, 6.45) is 0. The fourth-order valence-electron chi connectivity index (χ4n) is 0.710. The summed E-state index contributed by atoms with van der Waals surface area (Å²) < 4.78 is 34.7. The lowest BCUT2D eigenvalue weighted by Crippen LogP contribution is -1.96. The zero-order chi connectivity index (χ0) is 10.2. The molecule has 7 heteroatoms. The van der Waals surface area contributed by atoms with Crippen LogP contribution in [-0.4, -0.2) is 8.42 Å². The van der Waals surface area contributed by atoms with Crippen molar-refractivity contribution < 1.29 is 12.8 Å². The third-order valence-corrected chi connectivity index (χ3v) is 3.34. The van der Waals surface area contributed by atoms with Gasteiger partial charge in [0.05, 0.1) is 4.47 Å². The Labute approximate surface area is 92.2 Å². The average Bonchev–Trinajstić information content (AvgIpc) is 1.94. The number of hydrogen-bond acceptors (Lipinski definition) is 2. The maximum Gasteiger partial charge on any atom is 0.264 e. The van der Waals surface area contributed by atoms with Gasteiger partial charge in [-0.15, -0.1) is 0 Å². The fraction of sp³-hybridized carbons (Fsp3) is 0. The molecule has 0 spiro atoms. The van der Waals surface area contributed by atoms with Crippen molar-refractivity contribution in [3.8, 4) is 0 Å². The van der Waals surface area contributed by atoms with Crippen molar-refractivity contribution >= 4 is 47.3 Å². The topological polar surface area (TPSA) is 34.1 Å². The molecule has 1 aromatic rings. The molecular formula is C6H2BrCl2FO2S. The summed E-state index contributed by atoms with van der Waals surface area (Å²) in [4.78, 5) is -0.631. The van der Waals surface area contributed by atoms with Gasteiger partial charge in [0, 0.05) is 15.7 Å². The number of rotatable bonds is 1. The van der Waals surface area contributed by atoms with Crippen LogP contribution in [0.4, 0.5) is 4.39 Å². The standard InChI is InChI=1S/C6H2BrCl2FO2S/c7-4-1-3(8)2-5(6(4)10)13(9,11)12/h1-2H. The van der Waals surface area contributed by atoms with Gasteiger partial charge in [-0.2, -0.15) is 0 Å². The highest BCUT2D eigenvalue weighted by Crippen LogP contribution is 2.29. The number of hydrogen-bond donors (Lipinski definition) is 0. The first-order valence-corrected chi connectivity index (χ1v) is 6.39. The minimum atomic E-state index is -4.10. The minimum absolute atomic E-state index is 0.0424. The Morgan fingerprint density at radius 3 is 2.38 bits per heavy atom. The predicted octanol–water partition coefficient (Wildman–Crippen LogP) is 3.17. The monoisotopic (exact) mass is 306 g/mol. The molecule has 0 saturated carbocycles. The second kappa shape index (κ2) is 3.73. The fourth-order valence-corrected chi connectivity index (χ4v) is 2.64. The second-order valence-corrected chi connectivity index (χ2v) is 5.96. The first kappa shape index (κ1) is 11.2. The molecule has 0 aliphatic heterocycles. The second-order valence-electron chi connectivity index (χ2n) is 2.14. The Balaban J connectivity index is 3.56.